The van der Waals surface area contributed by atoms with E-state index in [2.05, 4.69) is 15.9 Å². The minimum Gasteiger partial charge on any atom is -0.397 e. The Bertz CT molecular complexity index is 606. The summed E-state index contributed by atoms with van der Waals surface area (Å²) in [6, 6.07) is 11.6. The Balaban J connectivity index is 2.59. The van der Waals surface area contributed by atoms with Crippen molar-refractivity contribution in [2.24, 2.45) is 5.73 Å². The number of nitrogens with two attached hydrogens (primary N) is 2. The maximum absolute atomic E-state index is 11.3. The molecule has 4 heteroatoms. The Kier molecular flexibility index (Phi) is 3.39. The summed E-state index contributed by atoms with van der Waals surface area (Å²) in [6.45, 7) is 2.03. The Morgan fingerprint density at radius 1 is 1.11 bits per heavy atom. The highest BCUT2D eigenvalue weighted by atomic mass is 79.9. The van der Waals surface area contributed by atoms with Crippen LogP contribution in [0.3, 0.4) is 0 Å². The molecule has 0 aliphatic rings. The molecule has 92 valence electrons. The second kappa shape index (κ2) is 4.82. The van der Waals surface area contributed by atoms with Crippen LogP contribution < -0.4 is 11.5 Å². The predicted octanol–water partition coefficient (Wildman–Crippen LogP) is 3.11. The van der Waals surface area contributed by atoms with Gasteiger partial charge < -0.3 is 11.5 Å². The van der Waals surface area contributed by atoms with Crippen molar-refractivity contribution in [1.82, 2.24) is 0 Å². The number of aryl methyl sites for hydroxylation is 1. The number of halogens is 1. The lowest BCUT2D eigenvalue weighted by molar-refractivity contribution is 0.100. The summed E-state index contributed by atoms with van der Waals surface area (Å²) in [5.41, 5.74) is 14.9. The van der Waals surface area contributed by atoms with Gasteiger partial charge in [-0.3, -0.25) is 4.79 Å². The third-order valence-electron chi connectivity index (χ3n) is 2.78. The average Bonchev–Trinajstić information content (AvgIpc) is 2.33. The molecule has 2 aromatic rings. The van der Waals surface area contributed by atoms with Gasteiger partial charge in [0.05, 0.1) is 11.3 Å². The van der Waals surface area contributed by atoms with Gasteiger partial charge in [-0.1, -0.05) is 29.8 Å². The number of carbonyl (C=O) groups excluding carboxylic acids is 1. The number of amides is 1. The molecule has 0 heterocycles. The van der Waals surface area contributed by atoms with Gasteiger partial charge in [0.2, 0.25) is 0 Å². The van der Waals surface area contributed by atoms with Gasteiger partial charge in [0.1, 0.15) is 0 Å². The summed E-state index contributed by atoms with van der Waals surface area (Å²) in [5.74, 6) is -0.526. The van der Waals surface area contributed by atoms with E-state index in [-0.39, 0.29) is 0 Å². The third-order valence-corrected chi connectivity index (χ3v) is 3.44. The molecule has 0 radical (unpaired) electrons. The van der Waals surface area contributed by atoms with E-state index < -0.39 is 5.91 Å². The number of rotatable bonds is 2. The van der Waals surface area contributed by atoms with Crippen LogP contribution in [0.5, 0.6) is 0 Å². The third kappa shape index (κ3) is 2.38. The van der Waals surface area contributed by atoms with E-state index in [4.69, 9.17) is 11.5 Å². The molecule has 1 amide bonds. The fraction of sp³-hybridized carbons (Fsp3) is 0.0714. The summed E-state index contributed by atoms with van der Waals surface area (Å²) in [7, 11) is 0. The number of hydrogen-bond donors (Lipinski definition) is 2. The Labute approximate surface area is 114 Å². The van der Waals surface area contributed by atoms with Gasteiger partial charge in [-0.2, -0.15) is 0 Å². The van der Waals surface area contributed by atoms with Crippen molar-refractivity contribution >= 4 is 27.5 Å². The first-order valence-corrected chi connectivity index (χ1v) is 6.24. The fourth-order valence-electron chi connectivity index (χ4n) is 1.73. The number of anilines is 1. The highest BCUT2D eigenvalue weighted by Crippen LogP contribution is 2.30. The van der Waals surface area contributed by atoms with Crippen LogP contribution in [-0.2, 0) is 0 Å². The molecule has 0 saturated heterocycles. The maximum Gasteiger partial charge on any atom is 0.250 e. The number of benzene rings is 2. The number of carbonyl (C=O) groups is 1. The molecular formula is C14H13BrN2O. The van der Waals surface area contributed by atoms with Crippen LogP contribution in [0.2, 0.25) is 0 Å². The number of nitrogen functional groups attached to an aromatic ring is 1. The van der Waals surface area contributed by atoms with Crippen LogP contribution in [0.25, 0.3) is 11.1 Å². The molecule has 4 N–H and O–H groups in total. The second-order valence-corrected chi connectivity index (χ2v) is 5.00. The van der Waals surface area contributed by atoms with Gasteiger partial charge >= 0.3 is 0 Å². The molecule has 3 nitrogen and oxygen atoms in total. The summed E-state index contributed by atoms with van der Waals surface area (Å²) in [6.07, 6.45) is 0. The zero-order chi connectivity index (χ0) is 13.3. The zero-order valence-corrected chi connectivity index (χ0v) is 11.5. The van der Waals surface area contributed by atoms with Gasteiger partial charge in [0.25, 0.3) is 5.91 Å². The molecule has 0 fully saturated rings. The first-order chi connectivity index (χ1) is 8.49. The van der Waals surface area contributed by atoms with Gasteiger partial charge in [-0.15, -0.1) is 0 Å². The van der Waals surface area contributed by atoms with Crippen LogP contribution >= 0.6 is 15.9 Å². The van der Waals surface area contributed by atoms with E-state index in [9.17, 15) is 4.79 Å². The van der Waals surface area contributed by atoms with Gasteiger partial charge in [0, 0.05) is 4.47 Å². The van der Waals surface area contributed by atoms with E-state index >= 15 is 0 Å². The molecule has 2 rings (SSSR count). The Morgan fingerprint density at radius 2 is 1.72 bits per heavy atom. The lowest BCUT2D eigenvalue weighted by Gasteiger charge is -2.09. The zero-order valence-electron chi connectivity index (χ0n) is 9.91. The smallest absolute Gasteiger partial charge is 0.250 e. The van der Waals surface area contributed by atoms with Crippen LogP contribution in [-0.4, -0.2) is 5.91 Å². The largest absolute Gasteiger partial charge is 0.397 e. The summed E-state index contributed by atoms with van der Waals surface area (Å²) >= 11 is 3.34. The van der Waals surface area contributed by atoms with Crippen molar-refractivity contribution in [1.29, 1.82) is 0 Å². The van der Waals surface area contributed by atoms with Crippen molar-refractivity contribution < 1.29 is 4.79 Å². The number of hydrogen-bond acceptors (Lipinski definition) is 2. The average molecular weight is 305 g/mol. The quantitative estimate of drug-likeness (QED) is 0.837. The normalized spacial score (nSPS) is 10.3. The predicted molar refractivity (Wildman–Crippen MR) is 77.2 cm³/mol. The Morgan fingerprint density at radius 3 is 2.28 bits per heavy atom. The SMILES string of the molecule is Cc1ccc(-c2cc(Br)c(N)c(C(N)=O)c2)cc1. The van der Waals surface area contributed by atoms with Crippen molar-refractivity contribution in [3.63, 3.8) is 0 Å². The Hall–Kier alpha value is -1.81. The standard InChI is InChI=1S/C14H13BrN2O/c1-8-2-4-9(5-3-8)10-6-11(14(17)18)13(16)12(15)7-10/h2-7H,16H2,1H3,(H2,17,18). The molecule has 0 aromatic heterocycles. The van der Waals surface area contributed by atoms with Gasteiger partial charge in [-0.05, 0) is 46.1 Å². The fourth-order valence-corrected chi connectivity index (χ4v) is 2.19. The van der Waals surface area contributed by atoms with E-state index in [1.165, 1.54) is 5.56 Å². The highest BCUT2D eigenvalue weighted by Gasteiger charge is 2.11. The summed E-state index contributed by atoms with van der Waals surface area (Å²) in [5, 5.41) is 0. The van der Waals surface area contributed by atoms with E-state index in [1.54, 1.807) is 6.07 Å². The lowest BCUT2D eigenvalue weighted by atomic mass is 10.0. The van der Waals surface area contributed by atoms with Crippen LogP contribution in [0.15, 0.2) is 40.9 Å². The first kappa shape index (κ1) is 12.6. The molecule has 0 unspecified atom stereocenters. The topological polar surface area (TPSA) is 69.1 Å². The maximum atomic E-state index is 11.3. The first-order valence-electron chi connectivity index (χ1n) is 5.45. The molecule has 0 spiro atoms. The minimum absolute atomic E-state index is 0.333. The van der Waals surface area contributed by atoms with Crippen LogP contribution in [0.4, 0.5) is 5.69 Å². The van der Waals surface area contributed by atoms with Crippen molar-refractivity contribution in [3.8, 4) is 11.1 Å². The molecule has 0 atom stereocenters. The molecule has 0 aliphatic heterocycles. The molecule has 0 saturated carbocycles. The van der Waals surface area contributed by atoms with Gasteiger partial charge in [-0.25, -0.2) is 0 Å². The van der Waals surface area contributed by atoms with Crippen LogP contribution in [0.1, 0.15) is 15.9 Å². The molecule has 0 aliphatic carbocycles. The van der Waals surface area contributed by atoms with Crippen molar-refractivity contribution in [2.75, 3.05) is 5.73 Å². The summed E-state index contributed by atoms with van der Waals surface area (Å²) in [4.78, 5) is 11.3. The minimum atomic E-state index is -0.526. The van der Waals surface area contributed by atoms with Crippen molar-refractivity contribution in [3.05, 3.63) is 52.0 Å². The van der Waals surface area contributed by atoms with E-state index in [0.717, 1.165) is 11.1 Å². The summed E-state index contributed by atoms with van der Waals surface area (Å²) < 4.78 is 0.675. The second-order valence-electron chi connectivity index (χ2n) is 4.15. The molecular weight excluding hydrogens is 292 g/mol. The molecule has 2 aromatic carbocycles. The van der Waals surface area contributed by atoms with E-state index in [1.807, 2.05) is 37.3 Å². The molecule has 0 bridgehead atoms. The van der Waals surface area contributed by atoms with Gasteiger partial charge in [0.15, 0.2) is 0 Å². The van der Waals surface area contributed by atoms with Crippen molar-refractivity contribution in [2.45, 2.75) is 6.92 Å². The highest BCUT2D eigenvalue weighted by molar-refractivity contribution is 9.10. The van der Waals surface area contributed by atoms with Crippen LogP contribution in [0, 0.1) is 6.92 Å². The monoisotopic (exact) mass is 304 g/mol. The number of primary amides is 1. The lowest BCUT2D eigenvalue weighted by Crippen LogP contribution is -2.14. The van der Waals surface area contributed by atoms with E-state index in [0.29, 0.717) is 15.7 Å². The molecule has 18 heavy (non-hydrogen) atoms.